The fraction of sp³-hybridized carbons (Fsp3) is 0.467. The molecule has 0 aliphatic carbocycles. The lowest BCUT2D eigenvalue weighted by atomic mass is 10.0. The number of hydrogen-bond donors (Lipinski definition) is 2. The van der Waals surface area contributed by atoms with E-state index in [9.17, 15) is 9.59 Å². The maximum atomic E-state index is 12.4. The van der Waals surface area contributed by atoms with Gasteiger partial charge in [0, 0.05) is 12.1 Å². The van der Waals surface area contributed by atoms with Crippen molar-refractivity contribution in [3.8, 4) is 5.75 Å². The van der Waals surface area contributed by atoms with Crippen LogP contribution in [-0.2, 0) is 9.53 Å². The van der Waals surface area contributed by atoms with Gasteiger partial charge < -0.3 is 19.9 Å². The van der Waals surface area contributed by atoms with Gasteiger partial charge in [-0.2, -0.15) is 0 Å². The Morgan fingerprint density at radius 2 is 1.95 bits per heavy atom. The lowest BCUT2D eigenvalue weighted by Crippen LogP contribution is -2.40. The van der Waals surface area contributed by atoms with E-state index in [1.165, 1.54) is 0 Å². The highest BCUT2D eigenvalue weighted by Gasteiger charge is 2.23. The monoisotopic (exact) mass is 295 g/mol. The average molecular weight is 295 g/mol. The molecule has 0 aromatic heterocycles. The first-order chi connectivity index (χ1) is 10.1. The predicted molar refractivity (Wildman–Crippen MR) is 77.5 cm³/mol. The van der Waals surface area contributed by atoms with E-state index >= 15 is 0 Å². The first-order valence-electron chi connectivity index (χ1n) is 6.80. The third kappa shape index (κ3) is 5.53. The molecule has 0 amide bonds. The Bertz CT molecular complexity index is 458. The zero-order valence-electron chi connectivity index (χ0n) is 12.3. The summed E-state index contributed by atoms with van der Waals surface area (Å²) in [5.74, 6) is -0.0224. The van der Waals surface area contributed by atoms with Crippen LogP contribution in [0.15, 0.2) is 24.3 Å². The van der Waals surface area contributed by atoms with Crippen molar-refractivity contribution >= 4 is 11.8 Å². The third-order valence-electron chi connectivity index (χ3n) is 2.87. The van der Waals surface area contributed by atoms with Gasteiger partial charge in [0.15, 0.2) is 5.78 Å². The van der Waals surface area contributed by atoms with E-state index in [0.29, 0.717) is 11.3 Å². The van der Waals surface area contributed by atoms with Crippen LogP contribution < -0.4 is 10.1 Å². The summed E-state index contributed by atoms with van der Waals surface area (Å²) in [6.45, 7) is 2.09. The summed E-state index contributed by atoms with van der Waals surface area (Å²) in [4.78, 5) is 24.0. The molecule has 1 atom stereocenters. The molecule has 0 radical (unpaired) electrons. The van der Waals surface area contributed by atoms with Crippen molar-refractivity contribution in [1.82, 2.24) is 5.32 Å². The van der Waals surface area contributed by atoms with Crippen LogP contribution >= 0.6 is 0 Å². The summed E-state index contributed by atoms with van der Waals surface area (Å²) in [7, 11) is 1.54. The van der Waals surface area contributed by atoms with Crippen molar-refractivity contribution < 1.29 is 24.2 Å². The normalized spacial score (nSPS) is 11.8. The summed E-state index contributed by atoms with van der Waals surface area (Å²) in [5.41, 5.74) is 0.468. The van der Waals surface area contributed by atoms with Crippen LogP contribution in [0.3, 0.4) is 0 Å². The van der Waals surface area contributed by atoms with Crippen LogP contribution in [0.4, 0.5) is 0 Å². The first kappa shape index (κ1) is 17.1. The standard InChI is InChI=1S/C15H21NO5/c1-3-21-14(18)10-13(16-8-9-17)15(19)11-4-6-12(20-2)7-5-11/h4-7,13,16-17H,3,8-10H2,1-2H3. The molecule has 116 valence electrons. The van der Waals surface area contributed by atoms with E-state index in [0.717, 1.165) is 0 Å². The smallest absolute Gasteiger partial charge is 0.307 e. The minimum Gasteiger partial charge on any atom is -0.497 e. The number of benzene rings is 1. The number of hydrogen-bond acceptors (Lipinski definition) is 6. The maximum absolute atomic E-state index is 12.4. The number of ketones is 1. The van der Waals surface area contributed by atoms with E-state index in [4.69, 9.17) is 14.6 Å². The highest BCUT2D eigenvalue weighted by molar-refractivity contribution is 6.01. The molecule has 0 bridgehead atoms. The summed E-state index contributed by atoms with van der Waals surface area (Å²) in [6, 6.07) is 5.92. The Morgan fingerprint density at radius 1 is 1.29 bits per heavy atom. The van der Waals surface area contributed by atoms with Gasteiger partial charge in [-0.3, -0.25) is 9.59 Å². The number of esters is 1. The zero-order valence-corrected chi connectivity index (χ0v) is 12.3. The molecule has 0 aliphatic rings. The molecule has 1 rings (SSSR count). The number of carbonyl (C=O) groups is 2. The van der Waals surface area contributed by atoms with E-state index in [1.54, 1.807) is 38.3 Å². The van der Waals surface area contributed by atoms with Crippen LogP contribution in [-0.4, -0.2) is 49.8 Å². The van der Waals surface area contributed by atoms with Gasteiger partial charge in [-0.25, -0.2) is 0 Å². The number of aliphatic hydroxyl groups excluding tert-OH is 1. The second-order valence-corrected chi connectivity index (χ2v) is 4.33. The Balaban J connectivity index is 2.79. The van der Waals surface area contributed by atoms with Gasteiger partial charge in [-0.1, -0.05) is 0 Å². The Morgan fingerprint density at radius 3 is 2.48 bits per heavy atom. The second-order valence-electron chi connectivity index (χ2n) is 4.33. The van der Waals surface area contributed by atoms with Crippen LogP contribution in [0.5, 0.6) is 5.75 Å². The number of carbonyl (C=O) groups excluding carboxylic acids is 2. The summed E-state index contributed by atoms with van der Waals surface area (Å²) < 4.78 is 9.90. The van der Waals surface area contributed by atoms with E-state index in [1.807, 2.05) is 0 Å². The number of nitrogens with one attached hydrogen (secondary N) is 1. The molecule has 1 aromatic rings. The molecule has 1 unspecified atom stereocenters. The van der Waals surface area contributed by atoms with Gasteiger partial charge in [0.25, 0.3) is 0 Å². The molecular formula is C15H21NO5. The van der Waals surface area contributed by atoms with Crippen molar-refractivity contribution in [3.05, 3.63) is 29.8 Å². The number of ether oxygens (including phenoxy) is 2. The summed E-state index contributed by atoms with van der Waals surface area (Å²) >= 11 is 0. The van der Waals surface area contributed by atoms with E-state index in [-0.39, 0.29) is 32.0 Å². The molecule has 0 saturated carbocycles. The number of Topliss-reactive ketones (excluding diaryl/α,β-unsaturated/α-hetero) is 1. The summed E-state index contributed by atoms with van der Waals surface area (Å²) in [5, 5.41) is 11.7. The molecule has 6 nitrogen and oxygen atoms in total. The molecule has 0 aliphatic heterocycles. The Hall–Kier alpha value is -1.92. The van der Waals surface area contributed by atoms with Crippen molar-refractivity contribution in [2.45, 2.75) is 19.4 Å². The average Bonchev–Trinajstić information content (AvgIpc) is 2.51. The number of rotatable bonds is 9. The molecule has 0 fully saturated rings. The molecule has 0 heterocycles. The van der Waals surface area contributed by atoms with E-state index < -0.39 is 12.0 Å². The van der Waals surface area contributed by atoms with Crippen LogP contribution in [0.2, 0.25) is 0 Å². The fourth-order valence-corrected chi connectivity index (χ4v) is 1.84. The third-order valence-corrected chi connectivity index (χ3v) is 2.87. The molecule has 0 saturated heterocycles. The maximum Gasteiger partial charge on any atom is 0.307 e. The van der Waals surface area contributed by atoms with E-state index in [2.05, 4.69) is 5.32 Å². The number of aliphatic hydroxyl groups is 1. The quantitative estimate of drug-likeness (QED) is 0.517. The van der Waals surface area contributed by atoms with Crippen LogP contribution in [0.25, 0.3) is 0 Å². The lowest BCUT2D eigenvalue weighted by Gasteiger charge is -2.16. The minimum atomic E-state index is -0.718. The molecule has 0 spiro atoms. The molecule has 1 aromatic carbocycles. The van der Waals surface area contributed by atoms with Crippen LogP contribution in [0, 0.1) is 0 Å². The molecule has 2 N–H and O–H groups in total. The second kappa shape index (κ2) is 9.10. The van der Waals surface area contributed by atoms with Gasteiger partial charge in [-0.15, -0.1) is 0 Å². The highest BCUT2D eigenvalue weighted by Crippen LogP contribution is 2.14. The minimum absolute atomic E-state index is 0.0707. The summed E-state index contributed by atoms with van der Waals surface area (Å²) in [6.07, 6.45) is -0.0707. The molecule has 21 heavy (non-hydrogen) atoms. The number of methoxy groups -OCH3 is 1. The Kier molecular flexibility index (Phi) is 7.42. The highest BCUT2D eigenvalue weighted by atomic mass is 16.5. The SMILES string of the molecule is CCOC(=O)CC(NCCO)C(=O)c1ccc(OC)cc1. The van der Waals surface area contributed by atoms with Crippen molar-refractivity contribution in [2.24, 2.45) is 0 Å². The largest absolute Gasteiger partial charge is 0.497 e. The topological polar surface area (TPSA) is 84.9 Å². The molecule has 6 heteroatoms. The van der Waals surface area contributed by atoms with Gasteiger partial charge >= 0.3 is 5.97 Å². The van der Waals surface area contributed by atoms with Gasteiger partial charge in [-0.05, 0) is 31.2 Å². The van der Waals surface area contributed by atoms with Crippen molar-refractivity contribution in [3.63, 3.8) is 0 Å². The van der Waals surface area contributed by atoms with Crippen molar-refractivity contribution in [2.75, 3.05) is 26.9 Å². The van der Waals surface area contributed by atoms with Gasteiger partial charge in [0.1, 0.15) is 5.75 Å². The van der Waals surface area contributed by atoms with Crippen LogP contribution in [0.1, 0.15) is 23.7 Å². The predicted octanol–water partition coefficient (Wildman–Crippen LogP) is 0.782. The van der Waals surface area contributed by atoms with Gasteiger partial charge in [0.2, 0.25) is 0 Å². The van der Waals surface area contributed by atoms with Crippen molar-refractivity contribution in [1.29, 1.82) is 0 Å². The molecular weight excluding hydrogens is 274 g/mol. The first-order valence-corrected chi connectivity index (χ1v) is 6.80. The fourth-order valence-electron chi connectivity index (χ4n) is 1.84. The van der Waals surface area contributed by atoms with Gasteiger partial charge in [0.05, 0.1) is 32.8 Å². The Labute approximate surface area is 124 Å². The lowest BCUT2D eigenvalue weighted by molar-refractivity contribution is -0.143. The zero-order chi connectivity index (χ0) is 15.7.